The van der Waals surface area contributed by atoms with Crippen molar-refractivity contribution in [3.05, 3.63) is 71.3 Å². The molecule has 0 aliphatic carbocycles. The van der Waals surface area contributed by atoms with Crippen LogP contribution in [0.25, 0.3) is 0 Å². The van der Waals surface area contributed by atoms with Crippen molar-refractivity contribution in [3.63, 3.8) is 0 Å². The minimum atomic E-state index is 0.467. The third-order valence-corrected chi connectivity index (χ3v) is 3.38. The Balaban J connectivity index is 2.31. The molecular weight excluding hydrogens is 204 g/mol. The van der Waals surface area contributed by atoms with Crippen LogP contribution in [0.1, 0.15) is 49.3 Å². The molecule has 0 bridgehead atoms. The van der Waals surface area contributed by atoms with Gasteiger partial charge in [-0.25, -0.2) is 0 Å². The molecule has 0 heteroatoms. The van der Waals surface area contributed by atoms with E-state index in [4.69, 9.17) is 0 Å². The summed E-state index contributed by atoms with van der Waals surface area (Å²) < 4.78 is 0. The van der Waals surface area contributed by atoms with Crippen LogP contribution in [0.3, 0.4) is 0 Å². The molecule has 1 atom stereocenters. The molecule has 1 unspecified atom stereocenters. The van der Waals surface area contributed by atoms with E-state index < -0.39 is 0 Å². The smallest absolute Gasteiger partial charge is 0.00611 e. The summed E-state index contributed by atoms with van der Waals surface area (Å²) in [5.74, 6) is 1.06. The van der Waals surface area contributed by atoms with Crippen molar-refractivity contribution in [3.8, 4) is 0 Å². The first-order chi connectivity index (χ1) is 8.18. The van der Waals surface area contributed by atoms with Gasteiger partial charge < -0.3 is 0 Å². The summed E-state index contributed by atoms with van der Waals surface area (Å²) in [5, 5.41) is 0. The fourth-order valence-corrected chi connectivity index (χ4v) is 2.12. The van der Waals surface area contributed by atoms with Crippen LogP contribution in [0.5, 0.6) is 0 Å². The van der Waals surface area contributed by atoms with E-state index >= 15 is 0 Å². The van der Waals surface area contributed by atoms with Gasteiger partial charge in [0, 0.05) is 5.92 Å². The van der Waals surface area contributed by atoms with Crippen molar-refractivity contribution in [2.24, 2.45) is 0 Å². The Kier molecular flexibility index (Phi) is 3.63. The second-order valence-corrected chi connectivity index (χ2v) is 4.96. The Bertz CT molecular complexity index is 468. The molecule has 2 rings (SSSR count). The van der Waals surface area contributed by atoms with E-state index in [2.05, 4.69) is 75.4 Å². The van der Waals surface area contributed by atoms with Gasteiger partial charge in [-0.15, -0.1) is 0 Å². The minimum absolute atomic E-state index is 0.467. The molecule has 0 nitrogen and oxygen atoms in total. The summed E-state index contributed by atoms with van der Waals surface area (Å²) in [6, 6.07) is 19.6. The lowest BCUT2D eigenvalue weighted by Gasteiger charge is -2.15. The zero-order chi connectivity index (χ0) is 12.3. The molecule has 0 amide bonds. The molecule has 0 saturated carbocycles. The van der Waals surface area contributed by atoms with Crippen LogP contribution >= 0.6 is 0 Å². The third kappa shape index (κ3) is 2.76. The molecule has 0 radical (unpaired) electrons. The highest BCUT2D eigenvalue weighted by Gasteiger charge is 2.09. The van der Waals surface area contributed by atoms with Crippen molar-refractivity contribution in [1.82, 2.24) is 0 Å². The molecule has 17 heavy (non-hydrogen) atoms. The summed E-state index contributed by atoms with van der Waals surface area (Å²) in [7, 11) is 0. The number of hydrogen-bond donors (Lipinski definition) is 0. The fraction of sp³-hybridized carbons (Fsp3) is 0.294. The molecule has 2 aromatic rings. The van der Waals surface area contributed by atoms with E-state index in [1.165, 1.54) is 16.7 Å². The van der Waals surface area contributed by atoms with Gasteiger partial charge in [0.05, 0.1) is 0 Å². The molecule has 2 aromatic carbocycles. The van der Waals surface area contributed by atoms with Crippen LogP contribution in [-0.4, -0.2) is 0 Å². The summed E-state index contributed by atoms with van der Waals surface area (Å²) in [4.78, 5) is 0. The second kappa shape index (κ2) is 5.18. The van der Waals surface area contributed by atoms with Crippen LogP contribution in [0.15, 0.2) is 54.6 Å². The molecule has 0 heterocycles. The zero-order valence-corrected chi connectivity index (χ0v) is 10.9. The Hall–Kier alpha value is -1.56. The van der Waals surface area contributed by atoms with Crippen LogP contribution in [0.2, 0.25) is 0 Å². The molecular formula is C17H20. The van der Waals surface area contributed by atoms with Crippen LogP contribution in [0.4, 0.5) is 0 Å². The summed E-state index contributed by atoms with van der Waals surface area (Å²) in [5.41, 5.74) is 4.21. The minimum Gasteiger partial charge on any atom is -0.0622 e. The van der Waals surface area contributed by atoms with Crippen LogP contribution < -0.4 is 0 Å². The summed E-state index contributed by atoms with van der Waals surface area (Å²) in [6.07, 6.45) is 0. The molecule has 0 fully saturated rings. The quantitative estimate of drug-likeness (QED) is 0.691. The van der Waals surface area contributed by atoms with Crippen molar-refractivity contribution in [2.75, 3.05) is 0 Å². The van der Waals surface area contributed by atoms with Gasteiger partial charge in [0.1, 0.15) is 0 Å². The summed E-state index contributed by atoms with van der Waals surface area (Å²) in [6.45, 7) is 6.76. The molecule has 0 saturated heterocycles. The Morgan fingerprint density at radius 1 is 0.647 bits per heavy atom. The summed E-state index contributed by atoms with van der Waals surface area (Å²) >= 11 is 0. The molecule has 0 aromatic heterocycles. The van der Waals surface area contributed by atoms with E-state index in [0.717, 1.165) is 0 Å². The maximum Gasteiger partial charge on any atom is 0.00611 e. The number of rotatable bonds is 3. The van der Waals surface area contributed by atoms with Gasteiger partial charge in [-0.2, -0.15) is 0 Å². The largest absolute Gasteiger partial charge is 0.0622 e. The standard InChI is InChI=1S/C17H20/c1-13(2)16-10-7-11-17(12-16)14(3)15-8-5-4-6-9-15/h4-14H,1-3H3. The molecule has 0 spiro atoms. The number of benzene rings is 2. The lowest BCUT2D eigenvalue weighted by molar-refractivity contribution is 0.851. The van der Waals surface area contributed by atoms with E-state index in [9.17, 15) is 0 Å². The predicted octanol–water partition coefficient (Wildman–Crippen LogP) is 4.96. The van der Waals surface area contributed by atoms with Gasteiger partial charge in [-0.05, 0) is 22.6 Å². The predicted molar refractivity (Wildman–Crippen MR) is 74.5 cm³/mol. The van der Waals surface area contributed by atoms with Gasteiger partial charge >= 0.3 is 0 Å². The van der Waals surface area contributed by atoms with Gasteiger partial charge in [0.2, 0.25) is 0 Å². The van der Waals surface area contributed by atoms with Gasteiger partial charge in [0.25, 0.3) is 0 Å². The van der Waals surface area contributed by atoms with E-state index in [1.807, 2.05) is 0 Å². The molecule has 0 aliphatic heterocycles. The first-order valence-electron chi connectivity index (χ1n) is 6.33. The molecule has 88 valence electrons. The van der Waals surface area contributed by atoms with E-state index in [1.54, 1.807) is 0 Å². The van der Waals surface area contributed by atoms with Gasteiger partial charge in [-0.3, -0.25) is 0 Å². The Labute approximate surface area is 104 Å². The highest BCUT2D eigenvalue weighted by atomic mass is 14.1. The fourth-order valence-electron chi connectivity index (χ4n) is 2.12. The normalized spacial score (nSPS) is 12.7. The SMILES string of the molecule is CC(C)c1cccc(C(C)c2ccccc2)c1. The van der Waals surface area contributed by atoms with Crippen molar-refractivity contribution in [1.29, 1.82) is 0 Å². The topological polar surface area (TPSA) is 0 Å². The van der Waals surface area contributed by atoms with Crippen LogP contribution in [0, 0.1) is 0 Å². The highest BCUT2D eigenvalue weighted by molar-refractivity contribution is 5.34. The third-order valence-electron chi connectivity index (χ3n) is 3.38. The van der Waals surface area contributed by atoms with Crippen molar-refractivity contribution < 1.29 is 0 Å². The van der Waals surface area contributed by atoms with Crippen molar-refractivity contribution in [2.45, 2.75) is 32.6 Å². The maximum atomic E-state index is 2.34. The lowest BCUT2D eigenvalue weighted by atomic mass is 9.90. The van der Waals surface area contributed by atoms with Gasteiger partial charge in [0.15, 0.2) is 0 Å². The van der Waals surface area contributed by atoms with Crippen LogP contribution in [-0.2, 0) is 0 Å². The molecule has 0 aliphatic rings. The maximum absolute atomic E-state index is 2.34. The average Bonchev–Trinajstić information content (AvgIpc) is 2.39. The zero-order valence-electron chi connectivity index (χ0n) is 10.9. The first-order valence-corrected chi connectivity index (χ1v) is 6.33. The Morgan fingerprint density at radius 3 is 1.88 bits per heavy atom. The first kappa shape index (κ1) is 11.9. The average molecular weight is 224 g/mol. The second-order valence-electron chi connectivity index (χ2n) is 4.96. The molecule has 0 N–H and O–H groups in total. The Morgan fingerprint density at radius 2 is 1.24 bits per heavy atom. The monoisotopic (exact) mass is 224 g/mol. The number of hydrogen-bond acceptors (Lipinski definition) is 0. The van der Waals surface area contributed by atoms with E-state index in [0.29, 0.717) is 11.8 Å². The van der Waals surface area contributed by atoms with Gasteiger partial charge in [-0.1, -0.05) is 75.4 Å². The van der Waals surface area contributed by atoms with E-state index in [-0.39, 0.29) is 0 Å². The highest BCUT2D eigenvalue weighted by Crippen LogP contribution is 2.26. The lowest BCUT2D eigenvalue weighted by Crippen LogP contribution is -1.97. The van der Waals surface area contributed by atoms with Crippen molar-refractivity contribution >= 4 is 0 Å².